The second kappa shape index (κ2) is 12.2. The van der Waals surface area contributed by atoms with Gasteiger partial charge in [-0.05, 0) is 78.4 Å². The Bertz CT molecular complexity index is 1750. The average Bonchev–Trinajstić information content (AvgIpc) is 2.90. The number of nitrogens with one attached hydrogen (secondary N) is 2. The van der Waals surface area contributed by atoms with Crippen LogP contribution in [0.2, 0.25) is 10.0 Å². The Morgan fingerprint density at radius 1 is 0.825 bits per heavy atom. The molecule has 2 N–H and O–H groups in total. The molecule has 0 heterocycles. The number of carbonyl (C=O) groups is 1. The molecule has 208 valence electrons. The molecule has 0 aliphatic carbocycles. The van der Waals surface area contributed by atoms with Gasteiger partial charge >= 0.3 is 0 Å². The van der Waals surface area contributed by atoms with Crippen LogP contribution in [0.4, 0.5) is 17.1 Å². The first-order valence-corrected chi connectivity index (χ1v) is 16.4. The van der Waals surface area contributed by atoms with Crippen LogP contribution in [0.5, 0.6) is 0 Å². The molecule has 0 saturated carbocycles. The molecule has 4 aromatic carbocycles. The van der Waals surface area contributed by atoms with Gasteiger partial charge in [-0.15, -0.1) is 0 Å². The van der Waals surface area contributed by atoms with Crippen molar-refractivity contribution in [1.82, 2.24) is 0 Å². The highest BCUT2D eigenvalue weighted by atomic mass is 79.9. The molecule has 0 saturated heterocycles. The topological polar surface area (TPSA) is 113 Å². The molecule has 0 spiro atoms. The van der Waals surface area contributed by atoms with Crippen LogP contribution in [0.1, 0.15) is 15.9 Å². The first-order chi connectivity index (χ1) is 18.8. The minimum absolute atomic E-state index is 0.0228. The van der Waals surface area contributed by atoms with Crippen LogP contribution in [0.3, 0.4) is 0 Å². The quantitative estimate of drug-likeness (QED) is 0.202. The number of nitrogens with zero attached hydrogens (tertiary/aromatic N) is 1. The molecular formula is C27H22BrCl2N3O5S2. The zero-order chi connectivity index (χ0) is 29.1. The number of amides is 1. The van der Waals surface area contributed by atoms with Crippen molar-refractivity contribution in [2.75, 3.05) is 20.6 Å². The summed E-state index contributed by atoms with van der Waals surface area (Å²) >= 11 is 15.6. The SMILES string of the molecule is CS(=O)(=O)N(Cc1ccc(C(=O)Nc2ccc(S(=O)(=O)Nc3ccc(Br)cc3)cc2)cc1)c1cccc(Cl)c1Cl. The van der Waals surface area contributed by atoms with E-state index in [1.54, 1.807) is 66.7 Å². The van der Waals surface area contributed by atoms with Crippen LogP contribution in [-0.4, -0.2) is 29.0 Å². The van der Waals surface area contributed by atoms with E-state index in [-0.39, 0.29) is 27.2 Å². The van der Waals surface area contributed by atoms with Crippen molar-refractivity contribution >= 4 is 82.1 Å². The van der Waals surface area contributed by atoms with E-state index in [1.807, 2.05) is 0 Å². The minimum atomic E-state index is -3.81. The highest BCUT2D eigenvalue weighted by molar-refractivity contribution is 9.10. The molecule has 40 heavy (non-hydrogen) atoms. The molecule has 0 fully saturated rings. The Kier molecular flexibility index (Phi) is 9.11. The molecule has 0 radical (unpaired) electrons. The highest BCUT2D eigenvalue weighted by Crippen LogP contribution is 2.34. The van der Waals surface area contributed by atoms with Crippen LogP contribution in [-0.2, 0) is 26.6 Å². The molecule has 0 aliphatic rings. The van der Waals surface area contributed by atoms with Crippen LogP contribution in [0.15, 0.2) is 100 Å². The monoisotopic (exact) mass is 681 g/mol. The van der Waals surface area contributed by atoms with Crippen molar-refractivity contribution in [3.8, 4) is 0 Å². The lowest BCUT2D eigenvalue weighted by Crippen LogP contribution is -2.29. The lowest BCUT2D eigenvalue weighted by molar-refractivity contribution is 0.102. The van der Waals surface area contributed by atoms with E-state index in [1.165, 1.54) is 24.3 Å². The summed E-state index contributed by atoms with van der Waals surface area (Å²) in [4.78, 5) is 12.8. The number of carbonyl (C=O) groups excluding carboxylic acids is 1. The number of hydrogen-bond acceptors (Lipinski definition) is 5. The second-order valence-corrected chi connectivity index (χ2v) is 13.9. The summed E-state index contributed by atoms with van der Waals surface area (Å²) in [6.07, 6.45) is 1.07. The normalized spacial score (nSPS) is 11.6. The Labute approximate surface area is 251 Å². The van der Waals surface area contributed by atoms with Crippen molar-refractivity contribution in [2.45, 2.75) is 11.4 Å². The molecule has 4 aromatic rings. The number of rotatable bonds is 9. The van der Waals surface area contributed by atoms with Crippen molar-refractivity contribution in [3.63, 3.8) is 0 Å². The molecule has 0 atom stereocenters. The molecule has 0 aromatic heterocycles. The van der Waals surface area contributed by atoms with Crippen molar-refractivity contribution in [2.24, 2.45) is 0 Å². The Morgan fingerprint density at radius 3 is 2.02 bits per heavy atom. The third-order valence-corrected chi connectivity index (χ3v) is 9.52. The molecule has 0 bridgehead atoms. The molecule has 0 aliphatic heterocycles. The summed E-state index contributed by atoms with van der Waals surface area (Å²) in [7, 11) is -7.51. The van der Waals surface area contributed by atoms with Gasteiger partial charge in [-0.25, -0.2) is 16.8 Å². The maximum atomic E-state index is 12.8. The first-order valence-electron chi connectivity index (χ1n) is 11.5. The first kappa shape index (κ1) is 29.9. The Balaban J connectivity index is 1.43. The van der Waals surface area contributed by atoms with Crippen LogP contribution in [0, 0.1) is 0 Å². The van der Waals surface area contributed by atoms with E-state index in [4.69, 9.17) is 23.2 Å². The van der Waals surface area contributed by atoms with E-state index < -0.39 is 26.0 Å². The highest BCUT2D eigenvalue weighted by Gasteiger charge is 2.22. The number of hydrogen-bond donors (Lipinski definition) is 2. The van der Waals surface area contributed by atoms with Gasteiger partial charge in [0.05, 0.1) is 33.4 Å². The molecule has 13 heteroatoms. The number of benzene rings is 4. The van der Waals surface area contributed by atoms with Crippen molar-refractivity contribution < 1.29 is 21.6 Å². The summed E-state index contributed by atoms with van der Waals surface area (Å²) in [6, 6.07) is 23.6. The fourth-order valence-corrected chi connectivity index (χ4v) is 6.31. The summed E-state index contributed by atoms with van der Waals surface area (Å²) in [6.45, 7) is -0.0228. The fourth-order valence-electron chi connectivity index (χ4n) is 3.65. The summed E-state index contributed by atoms with van der Waals surface area (Å²) in [5.41, 5.74) is 2.00. The maximum Gasteiger partial charge on any atom is 0.261 e. The molecule has 1 amide bonds. The van der Waals surface area contributed by atoms with Gasteiger partial charge in [0.2, 0.25) is 10.0 Å². The van der Waals surface area contributed by atoms with E-state index in [9.17, 15) is 21.6 Å². The summed E-state index contributed by atoms with van der Waals surface area (Å²) in [5.74, 6) is -0.423. The lowest BCUT2D eigenvalue weighted by Gasteiger charge is -2.24. The van der Waals surface area contributed by atoms with Crippen LogP contribution in [0.25, 0.3) is 0 Å². The van der Waals surface area contributed by atoms with Gasteiger partial charge in [-0.2, -0.15) is 0 Å². The zero-order valence-corrected chi connectivity index (χ0v) is 25.5. The fraction of sp³-hybridized carbons (Fsp3) is 0.0741. The number of sulfonamides is 2. The maximum absolute atomic E-state index is 12.8. The van der Waals surface area contributed by atoms with E-state index in [0.29, 0.717) is 22.5 Å². The average molecular weight is 683 g/mol. The van der Waals surface area contributed by atoms with Gasteiger partial charge in [0, 0.05) is 21.4 Å². The third kappa shape index (κ3) is 7.35. The number of halogens is 3. The largest absolute Gasteiger partial charge is 0.322 e. The third-order valence-electron chi connectivity index (χ3n) is 5.66. The minimum Gasteiger partial charge on any atom is -0.322 e. The Morgan fingerprint density at radius 2 is 1.43 bits per heavy atom. The summed E-state index contributed by atoms with van der Waals surface area (Å²) < 4.78 is 54.8. The second-order valence-electron chi connectivity index (χ2n) is 8.63. The lowest BCUT2D eigenvalue weighted by atomic mass is 10.1. The standard InChI is InChI=1S/C27H22BrCl2N3O5S2/c1-39(35,36)33(25-4-2-3-24(29)26(25)30)17-18-5-7-19(8-6-18)27(34)31-21-13-15-23(16-14-21)40(37,38)32-22-11-9-20(28)10-12-22/h2-16,32H,17H2,1H3,(H,31,34). The smallest absolute Gasteiger partial charge is 0.261 e. The molecular weight excluding hydrogens is 661 g/mol. The van der Waals surface area contributed by atoms with Crippen molar-refractivity contribution in [3.05, 3.63) is 117 Å². The predicted molar refractivity (Wildman–Crippen MR) is 163 cm³/mol. The van der Waals surface area contributed by atoms with Gasteiger partial charge < -0.3 is 5.32 Å². The van der Waals surface area contributed by atoms with Gasteiger partial charge in [0.25, 0.3) is 15.9 Å². The molecule has 4 rings (SSSR count). The van der Waals surface area contributed by atoms with Crippen LogP contribution >= 0.6 is 39.1 Å². The van der Waals surface area contributed by atoms with Gasteiger partial charge in [-0.1, -0.05) is 57.3 Å². The molecule has 8 nitrogen and oxygen atoms in total. The van der Waals surface area contributed by atoms with E-state index in [0.717, 1.165) is 15.0 Å². The van der Waals surface area contributed by atoms with Gasteiger partial charge in [0.15, 0.2) is 0 Å². The van der Waals surface area contributed by atoms with E-state index in [2.05, 4.69) is 26.0 Å². The summed E-state index contributed by atoms with van der Waals surface area (Å²) in [5, 5.41) is 3.07. The van der Waals surface area contributed by atoms with Crippen LogP contribution < -0.4 is 14.3 Å². The number of anilines is 3. The van der Waals surface area contributed by atoms with Crippen molar-refractivity contribution in [1.29, 1.82) is 0 Å². The Hall–Kier alpha value is -3.09. The zero-order valence-electron chi connectivity index (χ0n) is 20.8. The van der Waals surface area contributed by atoms with Gasteiger partial charge in [0.1, 0.15) is 0 Å². The van der Waals surface area contributed by atoms with Gasteiger partial charge in [-0.3, -0.25) is 13.8 Å². The predicted octanol–water partition coefficient (Wildman–Crippen LogP) is 6.78. The van der Waals surface area contributed by atoms with E-state index >= 15 is 0 Å². The molecule has 0 unspecified atom stereocenters.